The summed E-state index contributed by atoms with van der Waals surface area (Å²) in [5.41, 5.74) is 2.58. The molecule has 0 bridgehead atoms. The molecule has 0 radical (unpaired) electrons. The number of benzene rings is 2. The average molecular weight is 424 g/mol. The molecule has 0 aromatic heterocycles. The van der Waals surface area contributed by atoms with Crippen LogP contribution in [0.2, 0.25) is 0 Å². The Morgan fingerprint density at radius 3 is 2.45 bits per heavy atom. The molecule has 1 fully saturated rings. The summed E-state index contributed by atoms with van der Waals surface area (Å²) in [5, 5.41) is 2.65. The van der Waals surface area contributed by atoms with Gasteiger partial charge in [-0.15, -0.1) is 0 Å². The first-order valence-corrected chi connectivity index (χ1v) is 10.5. The number of carbonyl (C=O) groups is 3. The summed E-state index contributed by atoms with van der Waals surface area (Å²) < 4.78 is 10.2. The molecule has 1 saturated heterocycles. The van der Waals surface area contributed by atoms with Crippen LogP contribution in [0.3, 0.4) is 0 Å². The Hall–Kier alpha value is -3.35. The number of esters is 1. The highest BCUT2D eigenvalue weighted by molar-refractivity contribution is 6.00. The third kappa shape index (κ3) is 6.07. The van der Waals surface area contributed by atoms with Crippen molar-refractivity contribution in [3.05, 3.63) is 54.1 Å². The fourth-order valence-electron chi connectivity index (χ4n) is 3.46. The molecule has 1 aliphatic heterocycles. The van der Waals surface area contributed by atoms with Gasteiger partial charge in [0.2, 0.25) is 5.91 Å². The molecule has 7 nitrogen and oxygen atoms in total. The maximum atomic E-state index is 12.4. The molecule has 164 valence electrons. The van der Waals surface area contributed by atoms with Gasteiger partial charge in [0, 0.05) is 24.3 Å². The Kier molecular flexibility index (Phi) is 7.65. The molecule has 3 rings (SSSR count). The summed E-state index contributed by atoms with van der Waals surface area (Å²) in [4.78, 5) is 38.4. The van der Waals surface area contributed by atoms with Crippen LogP contribution >= 0.6 is 0 Å². The van der Waals surface area contributed by atoms with Gasteiger partial charge < -0.3 is 19.7 Å². The maximum Gasteiger partial charge on any atom is 0.311 e. The molecule has 1 aliphatic rings. The molecule has 2 amide bonds. The largest absolute Gasteiger partial charge is 0.497 e. The van der Waals surface area contributed by atoms with Gasteiger partial charge in [0.05, 0.1) is 13.0 Å². The van der Waals surface area contributed by atoms with Crippen molar-refractivity contribution in [3.63, 3.8) is 0 Å². The van der Waals surface area contributed by atoms with E-state index in [1.54, 1.807) is 36.3 Å². The van der Waals surface area contributed by atoms with Crippen LogP contribution in [0.5, 0.6) is 5.75 Å². The average Bonchev–Trinajstić information content (AvgIpc) is 3.18. The Balaban J connectivity index is 1.48. The fraction of sp³-hybridized carbons (Fsp3) is 0.375. The van der Waals surface area contributed by atoms with Crippen LogP contribution in [0, 0.1) is 5.92 Å². The van der Waals surface area contributed by atoms with Crippen molar-refractivity contribution < 1.29 is 23.9 Å². The number of anilines is 2. The Morgan fingerprint density at radius 1 is 1.10 bits per heavy atom. The molecule has 31 heavy (non-hydrogen) atoms. The van der Waals surface area contributed by atoms with E-state index in [4.69, 9.17) is 9.47 Å². The SMILES string of the molecule is CCCCc1ccc(N2C[C@@H](C(=O)OCC(=O)Nc3ccc(OC)cc3)CC2=O)cc1. The van der Waals surface area contributed by atoms with Gasteiger partial charge >= 0.3 is 5.97 Å². The van der Waals surface area contributed by atoms with E-state index in [0.717, 1.165) is 24.9 Å². The van der Waals surface area contributed by atoms with Crippen molar-refractivity contribution in [2.45, 2.75) is 32.6 Å². The second-order valence-electron chi connectivity index (χ2n) is 7.56. The van der Waals surface area contributed by atoms with Gasteiger partial charge in [-0.2, -0.15) is 0 Å². The van der Waals surface area contributed by atoms with E-state index in [-0.39, 0.29) is 18.9 Å². The van der Waals surface area contributed by atoms with Crippen molar-refractivity contribution in [1.29, 1.82) is 0 Å². The monoisotopic (exact) mass is 424 g/mol. The molecule has 1 N–H and O–H groups in total. The van der Waals surface area contributed by atoms with Gasteiger partial charge in [-0.25, -0.2) is 0 Å². The lowest BCUT2D eigenvalue weighted by molar-refractivity contribution is -0.151. The lowest BCUT2D eigenvalue weighted by Crippen LogP contribution is -2.28. The van der Waals surface area contributed by atoms with Crippen LogP contribution in [0.1, 0.15) is 31.7 Å². The number of aryl methyl sites for hydroxylation is 1. The summed E-state index contributed by atoms with van der Waals surface area (Å²) in [6, 6.07) is 14.7. The van der Waals surface area contributed by atoms with Crippen molar-refractivity contribution in [2.75, 3.05) is 30.5 Å². The van der Waals surface area contributed by atoms with Crippen LogP contribution in [0.4, 0.5) is 11.4 Å². The first-order valence-electron chi connectivity index (χ1n) is 10.5. The number of rotatable bonds is 9. The molecule has 1 heterocycles. The molecular formula is C24H28N2O5. The molecule has 7 heteroatoms. The minimum Gasteiger partial charge on any atom is -0.497 e. The van der Waals surface area contributed by atoms with E-state index in [1.165, 1.54) is 5.56 Å². The number of unbranched alkanes of at least 4 members (excludes halogenated alkanes) is 1. The summed E-state index contributed by atoms with van der Waals surface area (Å²) in [5.74, 6) is -1.01. The number of hydrogen-bond donors (Lipinski definition) is 1. The highest BCUT2D eigenvalue weighted by Gasteiger charge is 2.36. The van der Waals surface area contributed by atoms with Crippen molar-refractivity contribution in [1.82, 2.24) is 0 Å². The third-order valence-corrected chi connectivity index (χ3v) is 5.24. The fourth-order valence-corrected chi connectivity index (χ4v) is 3.46. The van der Waals surface area contributed by atoms with Crippen molar-refractivity contribution in [3.8, 4) is 5.75 Å². The number of hydrogen-bond acceptors (Lipinski definition) is 5. The second-order valence-corrected chi connectivity index (χ2v) is 7.56. The highest BCUT2D eigenvalue weighted by Crippen LogP contribution is 2.26. The predicted octanol–water partition coefficient (Wildman–Crippen LogP) is 3.57. The standard InChI is InChI=1S/C24H28N2O5/c1-3-4-5-17-6-10-20(11-7-17)26-15-18(14-23(26)28)24(29)31-16-22(27)25-19-8-12-21(30-2)13-9-19/h6-13,18H,3-5,14-16H2,1-2H3,(H,25,27)/t18-/m0/s1. The minimum atomic E-state index is -0.582. The maximum absolute atomic E-state index is 12.4. The van der Waals surface area contributed by atoms with E-state index in [0.29, 0.717) is 11.4 Å². The normalized spacial score (nSPS) is 15.6. The summed E-state index contributed by atoms with van der Waals surface area (Å²) in [7, 11) is 1.56. The van der Waals surface area contributed by atoms with Crippen LogP contribution in [0.25, 0.3) is 0 Å². The number of nitrogens with one attached hydrogen (secondary N) is 1. The van der Waals surface area contributed by atoms with Crippen molar-refractivity contribution in [2.24, 2.45) is 5.92 Å². The van der Waals surface area contributed by atoms with E-state index in [2.05, 4.69) is 12.2 Å². The van der Waals surface area contributed by atoms with Gasteiger partial charge in [0.25, 0.3) is 5.91 Å². The van der Waals surface area contributed by atoms with Gasteiger partial charge in [0.15, 0.2) is 6.61 Å². The molecule has 0 spiro atoms. The number of carbonyl (C=O) groups excluding carboxylic acids is 3. The Bertz CT molecular complexity index is 909. The molecule has 2 aromatic rings. The quantitative estimate of drug-likeness (QED) is 0.622. The first kappa shape index (κ1) is 22.3. The topological polar surface area (TPSA) is 84.9 Å². The van der Waals surface area contributed by atoms with Gasteiger partial charge in [-0.3, -0.25) is 14.4 Å². The predicted molar refractivity (Wildman–Crippen MR) is 118 cm³/mol. The first-order chi connectivity index (χ1) is 15.0. The summed E-state index contributed by atoms with van der Waals surface area (Å²) >= 11 is 0. The molecule has 0 aliphatic carbocycles. The number of amides is 2. The molecule has 0 unspecified atom stereocenters. The van der Waals surface area contributed by atoms with Crippen LogP contribution in [-0.4, -0.2) is 38.0 Å². The Labute approximate surface area is 182 Å². The number of nitrogens with zero attached hydrogens (tertiary/aromatic N) is 1. The van der Waals surface area contributed by atoms with E-state index >= 15 is 0 Å². The van der Waals surface area contributed by atoms with Gasteiger partial charge in [-0.05, 0) is 54.8 Å². The molecular weight excluding hydrogens is 396 g/mol. The molecule has 1 atom stereocenters. The Morgan fingerprint density at radius 2 is 1.81 bits per heavy atom. The molecule has 2 aromatic carbocycles. The third-order valence-electron chi connectivity index (χ3n) is 5.24. The number of ether oxygens (including phenoxy) is 2. The van der Waals surface area contributed by atoms with E-state index in [9.17, 15) is 14.4 Å². The van der Waals surface area contributed by atoms with E-state index < -0.39 is 24.4 Å². The number of methoxy groups -OCH3 is 1. The lowest BCUT2D eigenvalue weighted by atomic mass is 10.1. The van der Waals surface area contributed by atoms with Gasteiger partial charge in [0.1, 0.15) is 5.75 Å². The lowest BCUT2D eigenvalue weighted by Gasteiger charge is -2.17. The zero-order chi connectivity index (χ0) is 22.2. The second kappa shape index (κ2) is 10.6. The van der Waals surface area contributed by atoms with Crippen LogP contribution < -0.4 is 15.0 Å². The van der Waals surface area contributed by atoms with Crippen LogP contribution in [-0.2, 0) is 25.5 Å². The summed E-state index contributed by atoms with van der Waals surface area (Å²) in [6.45, 7) is 2.01. The smallest absolute Gasteiger partial charge is 0.311 e. The molecule has 0 saturated carbocycles. The zero-order valence-electron chi connectivity index (χ0n) is 17.9. The van der Waals surface area contributed by atoms with Crippen LogP contribution in [0.15, 0.2) is 48.5 Å². The van der Waals surface area contributed by atoms with Gasteiger partial charge in [-0.1, -0.05) is 25.5 Å². The highest BCUT2D eigenvalue weighted by atomic mass is 16.5. The summed E-state index contributed by atoms with van der Waals surface area (Å²) in [6.07, 6.45) is 3.35. The minimum absolute atomic E-state index is 0.0799. The van der Waals surface area contributed by atoms with Crippen molar-refractivity contribution >= 4 is 29.2 Å². The van der Waals surface area contributed by atoms with E-state index in [1.807, 2.05) is 24.3 Å². The zero-order valence-corrected chi connectivity index (χ0v) is 17.9.